The molecule has 0 bridgehead atoms. The number of halogens is 1. The SMILES string of the molecule is CCCCOc1cccc([C@@H]2/C(=C(\O)c3ccc4c(c3)C[C@H](C)O4)C(=O)C(=O)N2c2nnc(SCc3ccc(F)cc3)s2)c1. The molecular formula is C33H30FN3O5S2. The van der Waals surface area contributed by atoms with Gasteiger partial charge in [-0.2, -0.15) is 0 Å². The summed E-state index contributed by atoms with van der Waals surface area (Å²) >= 11 is 2.56. The number of Topliss-reactive ketones (excluding diaryl/α,β-unsaturated/α-hetero) is 1. The number of ether oxygens (including phenoxy) is 2. The van der Waals surface area contributed by atoms with E-state index in [1.165, 1.54) is 40.1 Å². The van der Waals surface area contributed by atoms with E-state index in [2.05, 4.69) is 17.1 Å². The van der Waals surface area contributed by atoms with Crippen LogP contribution in [0, 0.1) is 5.82 Å². The maximum Gasteiger partial charge on any atom is 0.301 e. The Bertz CT molecular complexity index is 1740. The number of nitrogens with zero attached hydrogens (tertiary/aromatic N) is 3. The first-order chi connectivity index (χ1) is 21.3. The molecule has 0 spiro atoms. The second-order valence-corrected chi connectivity index (χ2v) is 12.8. The number of benzene rings is 3. The van der Waals surface area contributed by atoms with Gasteiger partial charge in [-0.15, -0.1) is 10.2 Å². The Balaban J connectivity index is 1.38. The van der Waals surface area contributed by atoms with Gasteiger partial charge in [0.05, 0.1) is 18.2 Å². The van der Waals surface area contributed by atoms with Crippen molar-refractivity contribution in [1.82, 2.24) is 10.2 Å². The molecule has 44 heavy (non-hydrogen) atoms. The summed E-state index contributed by atoms with van der Waals surface area (Å²) < 4.78 is 25.6. The molecule has 1 saturated heterocycles. The van der Waals surface area contributed by atoms with Crippen molar-refractivity contribution in [2.45, 2.75) is 55.3 Å². The molecule has 2 aliphatic heterocycles. The van der Waals surface area contributed by atoms with Crippen molar-refractivity contribution in [2.75, 3.05) is 11.5 Å². The predicted molar refractivity (Wildman–Crippen MR) is 168 cm³/mol. The minimum atomic E-state index is -0.962. The van der Waals surface area contributed by atoms with E-state index in [-0.39, 0.29) is 28.4 Å². The number of hydrogen-bond acceptors (Lipinski definition) is 9. The first-order valence-electron chi connectivity index (χ1n) is 14.4. The van der Waals surface area contributed by atoms with Gasteiger partial charge in [0.1, 0.15) is 29.2 Å². The van der Waals surface area contributed by atoms with Crippen LogP contribution in [0.25, 0.3) is 5.76 Å². The first kappa shape index (κ1) is 29.8. The number of hydrogen-bond donors (Lipinski definition) is 1. The molecule has 4 aromatic rings. The first-order valence-corrected chi connectivity index (χ1v) is 16.2. The van der Waals surface area contributed by atoms with E-state index in [0.29, 0.717) is 40.0 Å². The summed E-state index contributed by atoms with van der Waals surface area (Å²) in [6, 6.07) is 17.7. The minimum absolute atomic E-state index is 0.0101. The monoisotopic (exact) mass is 631 g/mol. The van der Waals surface area contributed by atoms with Crippen LogP contribution in [0.2, 0.25) is 0 Å². The molecule has 6 rings (SSSR count). The van der Waals surface area contributed by atoms with Gasteiger partial charge in [0.25, 0.3) is 5.78 Å². The Morgan fingerprint density at radius 3 is 2.75 bits per heavy atom. The van der Waals surface area contributed by atoms with Crippen molar-refractivity contribution in [3.63, 3.8) is 0 Å². The highest BCUT2D eigenvalue weighted by molar-refractivity contribution is 8.00. The third kappa shape index (κ3) is 6.07. The third-order valence-electron chi connectivity index (χ3n) is 7.43. The summed E-state index contributed by atoms with van der Waals surface area (Å²) in [7, 11) is 0. The zero-order valence-electron chi connectivity index (χ0n) is 24.2. The minimum Gasteiger partial charge on any atom is -0.507 e. The smallest absolute Gasteiger partial charge is 0.301 e. The van der Waals surface area contributed by atoms with Gasteiger partial charge >= 0.3 is 5.91 Å². The van der Waals surface area contributed by atoms with Crippen LogP contribution in [0.4, 0.5) is 9.52 Å². The molecule has 3 aromatic carbocycles. The van der Waals surface area contributed by atoms with E-state index in [0.717, 1.165) is 29.7 Å². The molecule has 1 aromatic heterocycles. The maximum atomic E-state index is 13.7. The fraction of sp³-hybridized carbons (Fsp3) is 0.273. The van der Waals surface area contributed by atoms with E-state index >= 15 is 0 Å². The standard InChI is InChI=1S/C33H30FN3O5S2/c1-3-4-14-41-25-7-5-6-21(17-25)28-27(29(38)22-10-13-26-23(16-22)15-19(2)42-26)30(39)31(40)37(28)32-35-36-33(44-32)43-18-20-8-11-24(34)12-9-20/h5-13,16-17,19,28,38H,3-4,14-15,18H2,1-2H3/b29-27+/t19-,28+/m0/s1. The number of aromatic nitrogens is 2. The van der Waals surface area contributed by atoms with Gasteiger partial charge in [-0.3, -0.25) is 14.5 Å². The van der Waals surface area contributed by atoms with Gasteiger partial charge in [0.2, 0.25) is 5.13 Å². The molecule has 2 aliphatic rings. The molecule has 11 heteroatoms. The zero-order chi connectivity index (χ0) is 30.8. The lowest BCUT2D eigenvalue weighted by molar-refractivity contribution is -0.132. The number of fused-ring (bicyclic) bond motifs is 1. The molecule has 0 radical (unpaired) electrons. The highest BCUT2D eigenvalue weighted by Gasteiger charge is 2.48. The van der Waals surface area contributed by atoms with E-state index in [1.54, 1.807) is 48.5 Å². The van der Waals surface area contributed by atoms with Crippen LogP contribution in [0.5, 0.6) is 11.5 Å². The number of unbranched alkanes of at least 4 members (excludes halogenated alkanes) is 1. The van der Waals surface area contributed by atoms with Crippen molar-refractivity contribution >= 4 is 45.7 Å². The average Bonchev–Trinajstić information content (AvgIpc) is 3.71. The number of aliphatic hydroxyl groups is 1. The molecule has 1 N–H and O–H groups in total. The summed E-state index contributed by atoms with van der Waals surface area (Å²) in [5, 5.41) is 20.4. The molecule has 1 fully saturated rings. The number of aliphatic hydroxyl groups excluding tert-OH is 1. The second kappa shape index (κ2) is 12.8. The lowest BCUT2D eigenvalue weighted by Crippen LogP contribution is -2.29. The van der Waals surface area contributed by atoms with Crippen LogP contribution in [0.1, 0.15) is 55.0 Å². The number of amides is 1. The van der Waals surface area contributed by atoms with Crippen LogP contribution in [-0.2, 0) is 21.8 Å². The molecule has 1 amide bonds. The zero-order valence-corrected chi connectivity index (χ0v) is 25.8. The molecular weight excluding hydrogens is 602 g/mol. The van der Waals surface area contributed by atoms with Crippen molar-refractivity contribution in [2.24, 2.45) is 0 Å². The lowest BCUT2D eigenvalue weighted by Gasteiger charge is -2.23. The lowest BCUT2D eigenvalue weighted by atomic mass is 9.94. The Hall–Kier alpha value is -4.22. The van der Waals surface area contributed by atoms with Crippen LogP contribution in [0.3, 0.4) is 0 Å². The maximum absolute atomic E-state index is 13.7. The van der Waals surface area contributed by atoms with Crippen molar-refractivity contribution < 1.29 is 28.6 Å². The number of carbonyl (C=O) groups is 2. The summed E-state index contributed by atoms with van der Waals surface area (Å²) in [6.45, 7) is 4.57. The van der Waals surface area contributed by atoms with Crippen LogP contribution in [-0.4, -0.2) is 39.7 Å². The molecule has 3 heterocycles. The van der Waals surface area contributed by atoms with Crippen LogP contribution < -0.4 is 14.4 Å². The Kier molecular flexibility index (Phi) is 8.67. The fourth-order valence-corrected chi connectivity index (χ4v) is 7.09. The topological polar surface area (TPSA) is 102 Å². The van der Waals surface area contributed by atoms with Crippen molar-refractivity contribution in [3.05, 3.63) is 100 Å². The Morgan fingerprint density at radius 2 is 1.95 bits per heavy atom. The average molecular weight is 632 g/mol. The van der Waals surface area contributed by atoms with Crippen molar-refractivity contribution in [3.8, 4) is 11.5 Å². The quantitative estimate of drug-likeness (QED) is 0.0494. The molecule has 2 atom stereocenters. The summed E-state index contributed by atoms with van der Waals surface area (Å²) in [6.07, 6.45) is 2.54. The van der Waals surface area contributed by atoms with E-state index in [9.17, 15) is 19.1 Å². The fourth-order valence-electron chi connectivity index (χ4n) is 5.26. The Labute approximate surface area is 262 Å². The predicted octanol–water partition coefficient (Wildman–Crippen LogP) is 7.10. The van der Waals surface area contributed by atoms with Gasteiger partial charge in [-0.1, -0.05) is 60.7 Å². The van der Waals surface area contributed by atoms with E-state index in [4.69, 9.17) is 9.47 Å². The van der Waals surface area contributed by atoms with Gasteiger partial charge < -0.3 is 14.6 Å². The molecule has 226 valence electrons. The van der Waals surface area contributed by atoms with Gasteiger partial charge in [0, 0.05) is 17.7 Å². The highest BCUT2D eigenvalue weighted by atomic mass is 32.2. The molecule has 0 aliphatic carbocycles. The number of carbonyl (C=O) groups excluding carboxylic acids is 2. The summed E-state index contributed by atoms with van der Waals surface area (Å²) in [5.74, 6) is -0.347. The van der Waals surface area contributed by atoms with Crippen LogP contribution in [0.15, 0.2) is 76.6 Å². The number of anilines is 1. The number of ketones is 1. The Morgan fingerprint density at radius 1 is 1.14 bits per heavy atom. The molecule has 0 unspecified atom stereocenters. The number of rotatable bonds is 10. The molecule has 0 saturated carbocycles. The second-order valence-electron chi connectivity index (χ2n) is 10.7. The van der Waals surface area contributed by atoms with Gasteiger partial charge in [-0.25, -0.2) is 4.39 Å². The van der Waals surface area contributed by atoms with Crippen molar-refractivity contribution in [1.29, 1.82) is 0 Å². The van der Waals surface area contributed by atoms with Gasteiger partial charge in [-0.05, 0) is 72.5 Å². The van der Waals surface area contributed by atoms with E-state index in [1.807, 2.05) is 13.0 Å². The normalized spacial score (nSPS) is 18.8. The highest BCUT2D eigenvalue weighted by Crippen LogP contribution is 2.45. The largest absolute Gasteiger partial charge is 0.507 e. The third-order valence-corrected chi connectivity index (χ3v) is 9.56. The molecule has 8 nitrogen and oxygen atoms in total. The van der Waals surface area contributed by atoms with Crippen LogP contribution >= 0.6 is 23.1 Å². The van der Waals surface area contributed by atoms with E-state index < -0.39 is 17.7 Å². The summed E-state index contributed by atoms with van der Waals surface area (Å²) in [5.41, 5.74) is 2.80. The van der Waals surface area contributed by atoms with Gasteiger partial charge in [0.15, 0.2) is 4.34 Å². The number of thioether (sulfide) groups is 1. The summed E-state index contributed by atoms with van der Waals surface area (Å²) in [4.78, 5) is 28.6.